The van der Waals surface area contributed by atoms with E-state index in [9.17, 15) is 0 Å². The summed E-state index contributed by atoms with van der Waals surface area (Å²) in [7, 11) is 0. The maximum absolute atomic E-state index is 9.16. The molecule has 0 radical (unpaired) electrons. The van der Waals surface area contributed by atoms with E-state index in [0.717, 1.165) is 5.02 Å². The predicted octanol–water partition coefficient (Wildman–Crippen LogP) is 3.13. The quantitative estimate of drug-likeness (QED) is 0.806. The highest BCUT2D eigenvalue weighted by Crippen LogP contribution is 2.65. The predicted molar refractivity (Wildman–Crippen MR) is 56.4 cm³/mol. The summed E-state index contributed by atoms with van der Waals surface area (Å²) in [6, 6.07) is 1.93. The molecule has 0 saturated heterocycles. The molecule has 1 aliphatic rings. The third kappa shape index (κ3) is 1.32. The van der Waals surface area contributed by atoms with Crippen molar-refractivity contribution in [1.82, 2.24) is 0 Å². The smallest absolute Gasteiger partial charge is 0.0548 e. The minimum absolute atomic E-state index is 0.225. The van der Waals surface area contributed by atoms with Crippen LogP contribution in [0.4, 0.5) is 0 Å². The SMILES string of the molecule is CC1(C)C(CO)C1c1sccc1Cl. The lowest BCUT2D eigenvalue weighted by Gasteiger charge is -1.99. The van der Waals surface area contributed by atoms with Gasteiger partial charge in [-0.05, 0) is 22.8 Å². The van der Waals surface area contributed by atoms with Gasteiger partial charge in [0.05, 0.1) is 5.02 Å². The fraction of sp³-hybridized carbons (Fsp3) is 0.600. The van der Waals surface area contributed by atoms with E-state index in [4.69, 9.17) is 16.7 Å². The molecule has 0 aliphatic heterocycles. The second-order valence-corrected chi connectivity index (χ2v) is 5.58. The fourth-order valence-corrected chi connectivity index (χ4v) is 3.67. The zero-order valence-electron chi connectivity index (χ0n) is 7.75. The van der Waals surface area contributed by atoms with Crippen molar-refractivity contribution in [3.63, 3.8) is 0 Å². The molecule has 13 heavy (non-hydrogen) atoms. The third-order valence-electron chi connectivity index (χ3n) is 3.17. The zero-order valence-corrected chi connectivity index (χ0v) is 9.32. The van der Waals surface area contributed by atoms with Gasteiger partial charge in [0.1, 0.15) is 0 Å². The number of hydrogen-bond donors (Lipinski definition) is 1. The molecule has 1 fully saturated rings. The van der Waals surface area contributed by atoms with Crippen LogP contribution in [0.3, 0.4) is 0 Å². The Balaban J connectivity index is 2.26. The van der Waals surface area contributed by atoms with Crippen molar-refractivity contribution in [2.75, 3.05) is 6.61 Å². The largest absolute Gasteiger partial charge is 0.396 e. The van der Waals surface area contributed by atoms with Gasteiger partial charge in [0, 0.05) is 17.4 Å². The van der Waals surface area contributed by atoms with Gasteiger partial charge >= 0.3 is 0 Å². The van der Waals surface area contributed by atoms with E-state index in [-0.39, 0.29) is 12.0 Å². The molecule has 0 spiro atoms. The summed E-state index contributed by atoms with van der Waals surface area (Å²) < 4.78 is 0. The van der Waals surface area contributed by atoms with E-state index in [2.05, 4.69) is 13.8 Å². The standard InChI is InChI=1S/C10H13ClOS/c1-10(2)6(5-12)8(10)9-7(11)3-4-13-9/h3-4,6,8,12H,5H2,1-2H3. The van der Waals surface area contributed by atoms with Gasteiger partial charge in [-0.15, -0.1) is 11.3 Å². The lowest BCUT2D eigenvalue weighted by Crippen LogP contribution is -1.93. The van der Waals surface area contributed by atoms with Crippen molar-refractivity contribution in [2.24, 2.45) is 11.3 Å². The van der Waals surface area contributed by atoms with E-state index in [0.29, 0.717) is 11.8 Å². The second-order valence-electron chi connectivity index (χ2n) is 4.22. The fourth-order valence-electron chi connectivity index (χ4n) is 2.13. The number of rotatable bonds is 2. The molecular weight excluding hydrogens is 204 g/mol. The Hall–Kier alpha value is -0.0500. The van der Waals surface area contributed by atoms with Gasteiger partial charge in [-0.1, -0.05) is 25.4 Å². The van der Waals surface area contributed by atoms with Gasteiger partial charge in [0.25, 0.3) is 0 Å². The highest BCUT2D eigenvalue weighted by molar-refractivity contribution is 7.10. The lowest BCUT2D eigenvalue weighted by atomic mass is 10.1. The molecule has 1 saturated carbocycles. The van der Waals surface area contributed by atoms with E-state index in [1.165, 1.54) is 4.88 Å². The van der Waals surface area contributed by atoms with E-state index in [1.807, 2.05) is 11.4 Å². The summed E-state index contributed by atoms with van der Waals surface area (Å²) in [5.41, 5.74) is 0.225. The van der Waals surface area contributed by atoms with Crippen molar-refractivity contribution in [1.29, 1.82) is 0 Å². The van der Waals surface area contributed by atoms with Crippen LogP contribution in [-0.2, 0) is 0 Å². The molecule has 1 aromatic rings. The third-order valence-corrected chi connectivity index (χ3v) is 4.62. The van der Waals surface area contributed by atoms with Crippen LogP contribution in [0.15, 0.2) is 11.4 Å². The summed E-state index contributed by atoms with van der Waals surface area (Å²) >= 11 is 7.75. The van der Waals surface area contributed by atoms with E-state index in [1.54, 1.807) is 11.3 Å². The summed E-state index contributed by atoms with van der Waals surface area (Å²) in [5.74, 6) is 0.855. The average molecular weight is 217 g/mol. The molecule has 0 amide bonds. The maximum atomic E-state index is 9.16. The maximum Gasteiger partial charge on any atom is 0.0548 e. The van der Waals surface area contributed by atoms with Crippen molar-refractivity contribution in [3.05, 3.63) is 21.3 Å². The van der Waals surface area contributed by atoms with Gasteiger partial charge in [-0.3, -0.25) is 0 Å². The topological polar surface area (TPSA) is 20.2 Å². The molecule has 1 nitrogen and oxygen atoms in total. The monoisotopic (exact) mass is 216 g/mol. The van der Waals surface area contributed by atoms with Crippen LogP contribution in [-0.4, -0.2) is 11.7 Å². The van der Waals surface area contributed by atoms with Crippen LogP contribution in [0.1, 0.15) is 24.6 Å². The highest BCUT2D eigenvalue weighted by Gasteiger charge is 2.58. The van der Waals surface area contributed by atoms with E-state index < -0.39 is 0 Å². The first-order valence-electron chi connectivity index (χ1n) is 4.42. The van der Waals surface area contributed by atoms with Crippen molar-refractivity contribution >= 4 is 22.9 Å². The number of hydrogen-bond acceptors (Lipinski definition) is 2. The molecule has 1 aromatic heterocycles. The first kappa shape index (κ1) is 9.50. The number of aliphatic hydroxyl groups is 1. The van der Waals surface area contributed by atoms with Gasteiger partial charge < -0.3 is 5.11 Å². The van der Waals surface area contributed by atoms with Crippen LogP contribution in [0.2, 0.25) is 5.02 Å². The van der Waals surface area contributed by atoms with Crippen LogP contribution < -0.4 is 0 Å². The Bertz CT molecular complexity index is 318. The summed E-state index contributed by atoms with van der Waals surface area (Å²) in [6.45, 7) is 4.65. The first-order chi connectivity index (χ1) is 6.09. The molecule has 0 aromatic carbocycles. The molecule has 2 unspecified atom stereocenters. The Morgan fingerprint density at radius 2 is 2.31 bits per heavy atom. The number of aliphatic hydroxyl groups excluding tert-OH is 1. The molecular formula is C10H13ClOS. The molecule has 2 rings (SSSR count). The second kappa shape index (κ2) is 2.97. The van der Waals surface area contributed by atoms with Crippen molar-refractivity contribution < 1.29 is 5.11 Å². The molecule has 3 heteroatoms. The minimum atomic E-state index is 0.225. The van der Waals surface area contributed by atoms with Crippen molar-refractivity contribution in [3.8, 4) is 0 Å². The van der Waals surface area contributed by atoms with Gasteiger partial charge in [0.2, 0.25) is 0 Å². The minimum Gasteiger partial charge on any atom is -0.396 e. The van der Waals surface area contributed by atoms with Gasteiger partial charge in [-0.25, -0.2) is 0 Å². The van der Waals surface area contributed by atoms with Crippen LogP contribution in [0.25, 0.3) is 0 Å². The van der Waals surface area contributed by atoms with E-state index >= 15 is 0 Å². The molecule has 2 atom stereocenters. The van der Waals surface area contributed by atoms with Crippen LogP contribution >= 0.6 is 22.9 Å². The lowest BCUT2D eigenvalue weighted by molar-refractivity contribution is 0.257. The molecule has 72 valence electrons. The molecule has 0 bridgehead atoms. The first-order valence-corrected chi connectivity index (χ1v) is 5.68. The summed E-state index contributed by atoms with van der Waals surface area (Å²) in [4.78, 5) is 1.24. The zero-order chi connectivity index (χ0) is 9.64. The number of halogens is 1. The Kier molecular flexibility index (Phi) is 2.17. The Morgan fingerprint density at radius 1 is 1.62 bits per heavy atom. The van der Waals surface area contributed by atoms with Crippen molar-refractivity contribution in [2.45, 2.75) is 19.8 Å². The molecule has 1 aliphatic carbocycles. The average Bonchev–Trinajstić information content (AvgIpc) is 2.41. The van der Waals surface area contributed by atoms with Gasteiger partial charge in [-0.2, -0.15) is 0 Å². The van der Waals surface area contributed by atoms with Crippen LogP contribution in [0, 0.1) is 11.3 Å². The molecule has 1 N–H and O–H groups in total. The normalized spacial score (nSPS) is 30.5. The Morgan fingerprint density at radius 3 is 2.69 bits per heavy atom. The Labute approximate surface area is 87.4 Å². The van der Waals surface area contributed by atoms with Crippen LogP contribution in [0.5, 0.6) is 0 Å². The number of thiophene rings is 1. The molecule has 1 heterocycles. The van der Waals surface area contributed by atoms with Gasteiger partial charge in [0.15, 0.2) is 0 Å². The summed E-state index contributed by atoms with van der Waals surface area (Å²) in [6.07, 6.45) is 0. The highest BCUT2D eigenvalue weighted by atomic mass is 35.5. The summed E-state index contributed by atoms with van der Waals surface area (Å²) in [5, 5.41) is 12.0.